The van der Waals surface area contributed by atoms with Gasteiger partial charge in [-0.1, -0.05) is 65.8 Å². The van der Waals surface area contributed by atoms with E-state index in [4.69, 9.17) is 11.6 Å². The maximum atomic E-state index is 12.4. The Morgan fingerprint density at radius 3 is 2.47 bits per heavy atom. The van der Waals surface area contributed by atoms with Crippen molar-refractivity contribution < 1.29 is 9.59 Å². The summed E-state index contributed by atoms with van der Waals surface area (Å²) < 4.78 is 3.58. The second-order valence-corrected chi connectivity index (χ2v) is 8.38. The van der Waals surface area contributed by atoms with Crippen molar-refractivity contribution in [3.8, 4) is 11.4 Å². The summed E-state index contributed by atoms with van der Waals surface area (Å²) in [6, 6.07) is 20.7. The van der Waals surface area contributed by atoms with Gasteiger partial charge in [0.25, 0.3) is 5.91 Å². The van der Waals surface area contributed by atoms with E-state index in [9.17, 15) is 9.59 Å². The first kappa shape index (κ1) is 21.9. The molecule has 0 saturated carbocycles. The third kappa shape index (κ3) is 4.92. The van der Waals surface area contributed by atoms with Gasteiger partial charge in [0.1, 0.15) is 5.69 Å². The van der Waals surface area contributed by atoms with Crippen LogP contribution in [-0.2, 0) is 18.4 Å². The van der Waals surface area contributed by atoms with Gasteiger partial charge in [0.15, 0.2) is 11.0 Å². The molecule has 0 fully saturated rings. The molecular weight excluding hydrogens is 446 g/mol. The predicted octanol–water partition coefficient (Wildman–Crippen LogP) is 4.03. The molecule has 4 rings (SSSR count). The van der Waals surface area contributed by atoms with Crippen LogP contribution in [0.15, 0.2) is 78.1 Å². The molecule has 1 N–H and O–H groups in total. The van der Waals surface area contributed by atoms with Gasteiger partial charge in [-0.15, -0.1) is 10.2 Å². The molecule has 0 atom stereocenters. The summed E-state index contributed by atoms with van der Waals surface area (Å²) in [5, 5.41) is 12.2. The van der Waals surface area contributed by atoms with E-state index in [0.717, 1.165) is 11.1 Å². The van der Waals surface area contributed by atoms with Gasteiger partial charge in [0.2, 0.25) is 5.91 Å². The number of hydrogen-bond donors (Lipinski definition) is 1. The topological polar surface area (TPSA) is 81.8 Å². The van der Waals surface area contributed by atoms with Crippen molar-refractivity contribution in [2.75, 3.05) is 5.75 Å². The fourth-order valence-electron chi connectivity index (χ4n) is 3.20. The minimum Gasteiger partial charge on any atom is -0.347 e. The third-order valence-corrected chi connectivity index (χ3v) is 6.07. The average molecular weight is 466 g/mol. The van der Waals surface area contributed by atoms with Crippen molar-refractivity contribution in [3.05, 3.63) is 89.2 Å². The van der Waals surface area contributed by atoms with Crippen LogP contribution in [0.5, 0.6) is 0 Å². The maximum absolute atomic E-state index is 12.4. The molecule has 0 bridgehead atoms. The number of carbonyl (C=O) groups excluding carboxylic acids is 2. The normalized spacial score (nSPS) is 10.8. The Kier molecular flexibility index (Phi) is 6.72. The van der Waals surface area contributed by atoms with Gasteiger partial charge in [-0.2, -0.15) is 0 Å². The molecule has 0 aliphatic rings. The zero-order valence-electron chi connectivity index (χ0n) is 17.2. The Morgan fingerprint density at radius 2 is 1.75 bits per heavy atom. The van der Waals surface area contributed by atoms with E-state index < -0.39 is 11.8 Å². The molecule has 0 radical (unpaired) electrons. The zero-order valence-corrected chi connectivity index (χ0v) is 18.8. The molecule has 2 amide bonds. The summed E-state index contributed by atoms with van der Waals surface area (Å²) in [5.41, 5.74) is 2.23. The fourth-order valence-corrected chi connectivity index (χ4v) is 4.16. The molecular formula is C23H20ClN5O2S. The van der Waals surface area contributed by atoms with E-state index in [1.807, 2.05) is 53.1 Å². The van der Waals surface area contributed by atoms with E-state index in [-0.39, 0.29) is 5.75 Å². The molecule has 0 unspecified atom stereocenters. The number of hydrogen-bond acceptors (Lipinski definition) is 5. The number of imide groups is 1. The van der Waals surface area contributed by atoms with E-state index in [2.05, 4.69) is 15.5 Å². The number of nitrogens with zero attached hydrogens (tertiary/aromatic N) is 4. The highest BCUT2D eigenvalue weighted by molar-refractivity contribution is 7.99. The minimum absolute atomic E-state index is 0.0195. The number of nitrogens with one attached hydrogen (secondary N) is 1. The second-order valence-electron chi connectivity index (χ2n) is 7.03. The molecule has 162 valence electrons. The maximum Gasteiger partial charge on any atom is 0.274 e. The van der Waals surface area contributed by atoms with E-state index in [1.165, 1.54) is 11.8 Å². The Bertz CT molecular complexity index is 1250. The first-order chi connectivity index (χ1) is 15.5. The van der Waals surface area contributed by atoms with Gasteiger partial charge in [0, 0.05) is 18.8 Å². The highest BCUT2D eigenvalue weighted by atomic mass is 35.5. The SMILES string of the molecule is Cn1cccc1C(=O)NC(=O)CSc1nnc(-c2ccccc2Cl)n1Cc1ccccc1. The third-order valence-electron chi connectivity index (χ3n) is 4.78. The Labute approximate surface area is 194 Å². The van der Waals surface area contributed by atoms with Crippen LogP contribution >= 0.6 is 23.4 Å². The number of aromatic nitrogens is 4. The van der Waals surface area contributed by atoms with Crippen molar-refractivity contribution in [3.63, 3.8) is 0 Å². The van der Waals surface area contributed by atoms with Gasteiger partial charge >= 0.3 is 0 Å². The monoisotopic (exact) mass is 465 g/mol. The second kappa shape index (κ2) is 9.84. The minimum atomic E-state index is -0.439. The van der Waals surface area contributed by atoms with Crippen molar-refractivity contribution in [2.24, 2.45) is 7.05 Å². The molecule has 9 heteroatoms. The highest BCUT2D eigenvalue weighted by Gasteiger charge is 2.19. The summed E-state index contributed by atoms with van der Waals surface area (Å²) >= 11 is 7.61. The molecule has 7 nitrogen and oxygen atoms in total. The number of rotatable bonds is 7. The van der Waals surface area contributed by atoms with Crippen LogP contribution in [0.2, 0.25) is 5.02 Å². The fraction of sp³-hybridized carbons (Fsp3) is 0.130. The number of amides is 2. The van der Waals surface area contributed by atoms with Crippen LogP contribution in [0.25, 0.3) is 11.4 Å². The molecule has 0 aliphatic heterocycles. The van der Waals surface area contributed by atoms with Crippen molar-refractivity contribution in [2.45, 2.75) is 11.7 Å². The van der Waals surface area contributed by atoms with Crippen molar-refractivity contribution >= 4 is 35.2 Å². The Morgan fingerprint density at radius 1 is 1.00 bits per heavy atom. The lowest BCUT2D eigenvalue weighted by molar-refractivity contribution is -0.117. The smallest absolute Gasteiger partial charge is 0.274 e. The summed E-state index contributed by atoms with van der Waals surface area (Å²) in [4.78, 5) is 24.7. The van der Waals surface area contributed by atoms with Crippen LogP contribution in [-0.4, -0.2) is 36.9 Å². The standard InChI is InChI=1S/C23H20ClN5O2S/c1-28-13-7-12-19(28)22(31)25-20(30)15-32-23-27-26-21(17-10-5-6-11-18(17)24)29(23)14-16-8-3-2-4-9-16/h2-13H,14-15H2,1H3,(H,25,30,31). The van der Waals surface area contributed by atoms with Crippen LogP contribution in [0.3, 0.4) is 0 Å². The summed E-state index contributed by atoms with van der Waals surface area (Å²) in [6.07, 6.45) is 1.75. The van der Waals surface area contributed by atoms with Gasteiger partial charge < -0.3 is 4.57 Å². The predicted molar refractivity (Wildman–Crippen MR) is 125 cm³/mol. The van der Waals surface area contributed by atoms with Gasteiger partial charge in [0.05, 0.1) is 17.3 Å². The lowest BCUT2D eigenvalue weighted by Gasteiger charge is -2.11. The van der Waals surface area contributed by atoms with Crippen LogP contribution in [0.4, 0.5) is 0 Å². The van der Waals surface area contributed by atoms with E-state index in [1.54, 1.807) is 36.0 Å². The molecule has 0 saturated heterocycles. The zero-order chi connectivity index (χ0) is 22.5. The van der Waals surface area contributed by atoms with E-state index >= 15 is 0 Å². The lowest BCUT2D eigenvalue weighted by atomic mass is 10.2. The lowest BCUT2D eigenvalue weighted by Crippen LogP contribution is -2.33. The molecule has 2 aromatic carbocycles. The molecule has 2 aromatic heterocycles. The summed E-state index contributed by atoms with van der Waals surface area (Å²) in [7, 11) is 1.75. The first-order valence-electron chi connectivity index (χ1n) is 9.83. The Balaban J connectivity index is 1.54. The highest BCUT2D eigenvalue weighted by Crippen LogP contribution is 2.30. The number of thioether (sulfide) groups is 1. The molecule has 2 heterocycles. The van der Waals surface area contributed by atoms with Crippen LogP contribution in [0.1, 0.15) is 16.1 Å². The first-order valence-corrected chi connectivity index (χ1v) is 11.2. The molecule has 32 heavy (non-hydrogen) atoms. The Hall–Kier alpha value is -3.36. The van der Waals surface area contributed by atoms with Gasteiger partial charge in [-0.05, 0) is 29.8 Å². The largest absolute Gasteiger partial charge is 0.347 e. The summed E-state index contributed by atoms with van der Waals surface area (Å²) in [6.45, 7) is 0.515. The quantitative estimate of drug-likeness (QED) is 0.417. The average Bonchev–Trinajstić information content (AvgIpc) is 3.39. The van der Waals surface area contributed by atoms with E-state index in [0.29, 0.717) is 28.2 Å². The van der Waals surface area contributed by atoms with Crippen molar-refractivity contribution in [1.29, 1.82) is 0 Å². The van der Waals surface area contributed by atoms with Crippen LogP contribution < -0.4 is 5.32 Å². The number of carbonyl (C=O) groups is 2. The number of aryl methyl sites for hydroxylation is 1. The molecule has 0 spiro atoms. The van der Waals surface area contributed by atoms with Gasteiger partial charge in [-0.3, -0.25) is 19.5 Å². The molecule has 4 aromatic rings. The van der Waals surface area contributed by atoms with Gasteiger partial charge in [-0.25, -0.2) is 0 Å². The molecule has 0 aliphatic carbocycles. The number of benzene rings is 2. The summed E-state index contributed by atoms with van der Waals surface area (Å²) in [5.74, 6) is -0.214. The number of halogens is 1. The van der Waals surface area contributed by atoms with Crippen molar-refractivity contribution in [1.82, 2.24) is 24.6 Å². The van der Waals surface area contributed by atoms with Crippen LogP contribution in [0, 0.1) is 0 Å².